The molecule has 0 unspecified atom stereocenters. The lowest BCUT2D eigenvalue weighted by atomic mass is 9.85. The van der Waals surface area contributed by atoms with Crippen molar-refractivity contribution in [1.82, 2.24) is 15.2 Å². The van der Waals surface area contributed by atoms with Gasteiger partial charge in [0.15, 0.2) is 0 Å². The predicted octanol–water partition coefficient (Wildman–Crippen LogP) is 0.770. The number of aromatic carboxylic acids is 1. The molecule has 1 fully saturated rings. The molecule has 5 heteroatoms. The van der Waals surface area contributed by atoms with Gasteiger partial charge in [-0.3, -0.25) is 5.10 Å². The second kappa shape index (κ2) is 2.58. The molecule has 0 aromatic carbocycles. The van der Waals surface area contributed by atoms with E-state index in [9.17, 15) is 4.79 Å². The van der Waals surface area contributed by atoms with Crippen molar-refractivity contribution >= 4 is 5.97 Å². The van der Waals surface area contributed by atoms with Crippen LogP contribution in [0, 0.1) is 0 Å². The smallest absolute Gasteiger partial charge is 0.375 e. The number of nitrogens with one attached hydrogen (secondary N) is 1. The molecule has 0 atom stereocenters. The Bertz CT molecular complexity index is 303. The molecule has 12 heavy (non-hydrogen) atoms. The third-order valence-corrected chi connectivity index (χ3v) is 2.19. The van der Waals surface area contributed by atoms with E-state index in [1.54, 1.807) is 0 Å². The number of carboxylic acid groups (broad SMARTS) is 1. The second-order valence-electron chi connectivity index (χ2n) is 2.98. The number of nitrogens with zero attached hydrogens (tertiary/aromatic N) is 2. The third-order valence-electron chi connectivity index (χ3n) is 2.19. The molecule has 1 aromatic rings. The van der Waals surface area contributed by atoms with Gasteiger partial charge in [0.2, 0.25) is 0 Å². The molecule has 1 heterocycles. The van der Waals surface area contributed by atoms with Crippen molar-refractivity contribution in [3.8, 4) is 0 Å². The quantitative estimate of drug-likeness (QED) is 0.681. The van der Waals surface area contributed by atoms with Crippen molar-refractivity contribution in [2.24, 2.45) is 0 Å². The van der Waals surface area contributed by atoms with Crippen LogP contribution in [0.4, 0.5) is 0 Å². The van der Waals surface area contributed by atoms with E-state index in [-0.39, 0.29) is 5.82 Å². The second-order valence-corrected chi connectivity index (χ2v) is 2.98. The molecule has 1 aliphatic rings. The zero-order valence-electron chi connectivity index (χ0n) is 6.45. The van der Waals surface area contributed by atoms with E-state index < -0.39 is 5.97 Å². The SMILES string of the molecule is O=C(O)c1n[nH]c(C2CCC2)n1. The van der Waals surface area contributed by atoms with Crippen LogP contribution >= 0.6 is 0 Å². The summed E-state index contributed by atoms with van der Waals surface area (Å²) in [7, 11) is 0. The third kappa shape index (κ3) is 1.07. The highest BCUT2D eigenvalue weighted by atomic mass is 16.4. The fourth-order valence-corrected chi connectivity index (χ4v) is 1.23. The van der Waals surface area contributed by atoms with Gasteiger partial charge in [0, 0.05) is 5.92 Å². The average Bonchev–Trinajstić information content (AvgIpc) is 2.32. The van der Waals surface area contributed by atoms with Gasteiger partial charge in [0.05, 0.1) is 0 Å². The maximum absolute atomic E-state index is 10.4. The molecule has 0 amide bonds. The summed E-state index contributed by atoms with van der Waals surface area (Å²) in [5, 5.41) is 14.8. The van der Waals surface area contributed by atoms with Gasteiger partial charge in [-0.1, -0.05) is 6.42 Å². The molecule has 64 valence electrons. The number of aromatic nitrogens is 3. The van der Waals surface area contributed by atoms with Crippen molar-refractivity contribution in [3.05, 3.63) is 11.6 Å². The highest BCUT2D eigenvalue weighted by Gasteiger charge is 2.23. The van der Waals surface area contributed by atoms with E-state index in [0.717, 1.165) is 18.7 Å². The van der Waals surface area contributed by atoms with Gasteiger partial charge in [0.1, 0.15) is 5.82 Å². The number of H-pyrrole nitrogens is 1. The van der Waals surface area contributed by atoms with Crippen molar-refractivity contribution in [2.45, 2.75) is 25.2 Å². The average molecular weight is 167 g/mol. The Morgan fingerprint density at radius 2 is 2.33 bits per heavy atom. The first-order valence-electron chi connectivity index (χ1n) is 3.93. The lowest BCUT2D eigenvalue weighted by Crippen LogP contribution is -2.10. The fourth-order valence-electron chi connectivity index (χ4n) is 1.23. The minimum atomic E-state index is -1.07. The van der Waals surface area contributed by atoms with Gasteiger partial charge >= 0.3 is 5.97 Å². The first-order chi connectivity index (χ1) is 5.77. The van der Waals surface area contributed by atoms with Crippen LogP contribution in [-0.2, 0) is 0 Å². The monoisotopic (exact) mass is 167 g/mol. The summed E-state index contributed by atoms with van der Waals surface area (Å²) < 4.78 is 0. The van der Waals surface area contributed by atoms with Crippen LogP contribution in [-0.4, -0.2) is 26.3 Å². The Labute approximate surface area is 68.8 Å². The summed E-state index contributed by atoms with van der Waals surface area (Å²) in [6, 6.07) is 0. The molecule has 1 aliphatic carbocycles. The highest BCUT2D eigenvalue weighted by Crippen LogP contribution is 2.33. The lowest BCUT2D eigenvalue weighted by Gasteiger charge is -2.21. The molecule has 0 radical (unpaired) electrons. The number of hydrogen-bond donors (Lipinski definition) is 2. The normalized spacial score (nSPS) is 17.3. The van der Waals surface area contributed by atoms with Crippen molar-refractivity contribution in [1.29, 1.82) is 0 Å². The minimum Gasteiger partial charge on any atom is -0.475 e. The molecule has 2 rings (SSSR count). The number of rotatable bonds is 2. The summed E-state index contributed by atoms with van der Waals surface area (Å²) >= 11 is 0. The van der Waals surface area contributed by atoms with Crippen LogP contribution in [0.3, 0.4) is 0 Å². The largest absolute Gasteiger partial charge is 0.475 e. The molecule has 0 bridgehead atoms. The Morgan fingerprint density at radius 1 is 1.58 bits per heavy atom. The standard InChI is InChI=1S/C7H9N3O2/c11-7(12)6-8-5(9-10-6)4-2-1-3-4/h4H,1-3H2,(H,11,12)(H,8,9,10). The Kier molecular flexibility index (Phi) is 1.56. The van der Waals surface area contributed by atoms with Crippen LogP contribution < -0.4 is 0 Å². The number of hydrogen-bond acceptors (Lipinski definition) is 3. The van der Waals surface area contributed by atoms with E-state index in [4.69, 9.17) is 5.11 Å². The number of aromatic amines is 1. The van der Waals surface area contributed by atoms with E-state index >= 15 is 0 Å². The molecule has 2 N–H and O–H groups in total. The summed E-state index contributed by atoms with van der Waals surface area (Å²) in [6.45, 7) is 0. The topological polar surface area (TPSA) is 78.9 Å². The molecule has 0 aliphatic heterocycles. The maximum Gasteiger partial charge on any atom is 0.375 e. The predicted molar refractivity (Wildman–Crippen MR) is 39.9 cm³/mol. The molecular weight excluding hydrogens is 158 g/mol. The van der Waals surface area contributed by atoms with Crippen LogP contribution in [0.25, 0.3) is 0 Å². The van der Waals surface area contributed by atoms with Gasteiger partial charge in [-0.05, 0) is 12.8 Å². The molecule has 0 spiro atoms. The zero-order valence-corrected chi connectivity index (χ0v) is 6.45. The van der Waals surface area contributed by atoms with Crippen molar-refractivity contribution < 1.29 is 9.90 Å². The van der Waals surface area contributed by atoms with Crippen molar-refractivity contribution in [2.75, 3.05) is 0 Å². The van der Waals surface area contributed by atoms with E-state index in [1.165, 1.54) is 6.42 Å². The zero-order chi connectivity index (χ0) is 8.55. The Hall–Kier alpha value is -1.39. The lowest BCUT2D eigenvalue weighted by molar-refractivity contribution is 0.0684. The highest BCUT2D eigenvalue weighted by molar-refractivity contribution is 5.82. The minimum absolute atomic E-state index is 0.128. The first kappa shape index (κ1) is 7.27. The van der Waals surface area contributed by atoms with Crippen LogP contribution in [0.2, 0.25) is 0 Å². The summed E-state index contributed by atoms with van der Waals surface area (Å²) in [4.78, 5) is 14.3. The first-order valence-corrected chi connectivity index (χ1v) is 3.93. The van der Waals surface area contributed by atoms with Gasteiger partial charge < -0.3 is 5.11 Å². The van der Waals surface area contributed by atoms with Crippen LogP contribution in [0.1, 0.15) is 41.6 Å². The summed E-state index contributed by atoms with van der Waals surface area (Å²) in [6.07, 6.45) is 3.39. The van der Waals surface area contributed by atoms with Gasteiger partial charge in [-0.25, -0.2) is 9.78 Å². The van der Waals surface area contributed by atoms with E-state index in [2.05, 4.69) is 15.2 Å². The fraction of sp³-hybridized carbons (Fsp3) is 0.571. The summed E-state index contributed by atoms with van der Waals surface area (Å²) in [5.41, 5.74) is 0. The molecule has 0 saturated heterocycles. The molecule has 1 saturated carbocycles. The summed E-state index contributed by atoms with van der Waals surface area (Å²) in [5.74, 6) is -0.0713. The van der Waals surface area contributed by atoms with E-state index in [0.29, 0.717) is 5.92 Å². The van der Waals surface area contributed by atoms with Gasteiger partial charge in [-0.2, -0.15) is 0 Å². The van der Waals surface area contributed by atoms with Gasteiger partial charge in [-0.15, -0.1) is 5.10 Å². The molecule has 1 aromatic heterocycles. The van der Waals surface area contributed by atoms with E-state index in [1.807, 2.05) is 0 Å². The van der Waals surface area contributed by atoms with Gasteiger partial charge in [0.25, 0.3) is 5.82 Å². The maximum atomic E-state index is 10.4. The van der Waals surface area contributed by atoms with Crippen molar-refractivity contribution in [3.63, 3.8) is 0 Å². The van der Waals surface area contributed by atoms with Crippen LogP contribution in [0.5, 0.6) is 0 Å². The molecular formula is C7H9N3O2. The molecule has 5 nitrogen and oxygen atoms in total. The number of carbonyl (C=O) groups is 1. The van der Waals surface area contributed by atoms with Crippen LogP contribution in [0.15, 0.2) is 0 Å². The number of carboxylic acids is 1. The Morgan fingerprint density at radius 3 is 2.75 bits per heavy atom. The Balaban J connectivity index is 2.17.